The zero-order chi connectivity index (χ0) is 10.4. The molecular weight excluding hydrogens is 200 g/mol. The van der Waals surface area contributed by atoms with Gasteiger partial charge in [-0.25, -0.2) is 0 Å². The maximum absolute atomic E-state index is 10.9. The topological polar surface area (TPSA) is 32.3 Å². The average molecular weight is 219 g/mol. The lowest BCUT2D eigenvalue weighted by molar-refractivity contribution is -0.118. The summed E-state index contributed by atoms with van der Waals surface area (Å²) in [6, 6.07) is 0.664. The van der Waals surface area contributed by atoms with Gasteiger partial charge in [-0.3, -0.25) is 9.69 Å². The van der Waals surface area contributed by atoms with E-state index in [-0.39, 0.29) is 11.8 Å². The van der Waals surface area contributed by atoms with Gasteiger partial charge in [-0.15, -0.1) is 11.6 Å². The third-order valence-corrected chi connectivity index (χ3v) is 3.03. The van der Waals surface area contributed by atoms with E-state index in [9.17, 15) is 4.79 Å². The maximum Gasteiger partial charge on any atom is 0.234 e. The van der Waals surface area contributed by atoms with Gasteiger partial charge < -0.3 is 5.32 Å². The van der Waals surface area contributed by atoms with Crippen molar-refractivity contribution in [3.8, 4) is 0 Å². The van der Waals surface area contributed by atoms with E-state index in [0.717, 1.165) is 19.6 Å². The van der Waals surface area contributed by atoms with Crippen LogP contribution in [0.4, 0.5) is 0 Å². The molecule has 1 amide bonds. The number of carbonyl (C=O) groups is 1. The number of rotatable bonds is 4. The van der Waals surface area contributed by atoms with E-state index >= 15 is 0 Å². The molecule has 0 aromatic heterocycles. The summed E-state index contributed by atoms with van der Waals surface area (Å²) in [5, 5.41) is 2.79. The van der Waals surface area contributed by atoms with Crippen LogP contribution in [0.25, 0.3) is 0 Å². The minimum atomic E-state index is -0.0728. The second-order valence-corrected chi connectivity index (χ2v) is 4.13. The fraction of sp³-hybridized carbons (Fsp3) is 0.900. The first-order chi connectivity index (χ1) is 6.74. The first kappa shape index (κ1) is 11.8. The fourth-order valence-corrected chi connectivity index (χ4v) is 1.97. The molecule has 1 heterocycles. The van der Waals surface area contributed by atoms with E-state index in [1.54, 1.807) is 0 Å². The molecule has 4 heteroatoms. The molecule has 0 aromatic carbocycles. The Bertz CT molecular complexity index is 187. The summed E-state index contributed by atoms with van der Waals surface area (Å²) in [4.78, 5) is 13.3. The molecule has 0 radical (unpaired) electrons. The monoisotopic (exact) mass is 218 g/mol. The van der Waals surface area contributed by atoms with Crippen molar-refractivity contribution >= 4 is 17.5 Å². The number of alkyl halides is 1. The Morgan fingerprint density at radius 2 is 2.36 bits per heavy atom. The third-order valence-electron chi connectivity index (χ3n) is 2.78. The molecule has 1 N–H and O–H groups in total. The number of halogens is 1. The molecule has 0 aliphatic carbocycles. The maximum atomic E-state index is 10.9. The molecule has 82 valence electrons. The Morgan fingerprint density at radius 3 is 3.00 bits per heavy atom. The third kappa shape index (κ3) is 3.84. The normalized spacial score (nSPS) is 23.4. The fourth-order valence-electron chi connectivity index (χ4n) is 1.88. The number of nitrogens with one attached hydrogen (secondary N) is 1. The molecule has 1 unspecified atom stereocenters. The Labute approximate surface area is 90.8 Å². The largest absolute Gasteiger partial charge is 0.354 e. The minimum Gasteiger partial charge on any atom is -0.354 e. The highest BCUT2D eigenvalue weighted by atomic mass is 35.5. The average Bonchev–Trinajstić information content (AvgIpc) is 2.20. The van der Waals surface area contributed by atoms with Crippen molar-refractivity contribution in [1.29, 1.82) is 0 Å². The van der Waals surface area contributed by atoms with Crippen LogP contribution in [0.2, 0.25) is 0 Å². The van der Waals surface area contributed by atoms with Crippen molar-refractivity contribution in [3.63, 3.8) is 0 Å². The highest BCUT2D eigenvalue weighted by Gasteiger charge is 2.17. The Balaban J connectivity index is 2.13. The summed E-state index contributed by atoms with van der Waals surface area (Å²) in [5.41, 5.74) is 0. The van der Waals surface area contributed by atoms with E-state index in [0.29, 0.717) is 6.04 Å². The lowest BCUT2D eigenvalue weighted by Gasteiger charge is -2.33. The van der Waals surface area contributed by atoms with Gasteiger partial charge in [0, 0.05) is 19.1 Å². The van der Waals surface area contributed by atoms with Crippen LogP contribution in [-0.4, -0.2) is 42.4 Å². The predicted octanol–water partition coefficient (Wildman–Crippen LogP) is 1.22. The second kappa shape index (κ2) is 6.25. The number of hydrogen-bond donors (Lipinski definition) is 1. The lowest BCUT2D eigenvalue weighted by atomic mass is 10.0. The summed E-state index contributed by atoms with van der Waals surface area (Å²) < 4.78 is 0. The van der Waals surface area contributed by atoms with Gasteiger partial charge >= 0.3 is 0 Å². The first-order valence-corrected chi connectivity index (χ1v) is 5.84. The summed E-state index contributed by atoms with van der Waals surface area (Å²) in [5.74, 6) is -0.00781. The standard InChI is InChI=1S/C10H19ClN2O/c1-9-4-2-3-6-13(9)7-5-12-10(14)8-11/h9H,2-8H2,1H3,(H,12,14). The van der Waals surface area contributed by atoms with Crippen molar-refractivity contribution < 1.29 is 4.79 Å². The lowest BCUT2D eigenvalue weighted by Crippen LogP contribution is -2.42. The van der Waals surface area contributed by atoms with Gasteiger partial charge in [-0.1, -0.05) is 6.42 Å². The van der Waals surface area contributed by atoms with E-state index in [1.807, 2.05) is 0 Å². The molecule has 14 heavy (non-hydrogen) atoms. The number of nitrogens with zero attached hydrogens (tertiary/aromatic N) is 1. The van der Waals surface area contributed by atoms with Gasteiger partial charge in [-0.2, -0.15) is 0 Å². The number of carbonyl (C=O) groups excluding carboxylic acids is 1. The summed E-state index contributed by atoms with van der Waals surface area (Å²) in [6.45, 7) is 5.08. The van der Waals surface area contributed by atoms with Crippen LogP contribution in [0.3, 0.4) is 0 Å². The van der Waals surface area contributed by atoms with Crippen molar-refractivity contribution in [2.24, 2.45) is 0 Å². The quantitative estimate of drug-likeness (QED) is 0.720. The molecule has 1 rings (SSSR count). The van der Waals surface area contributed by atoms with Crippen LogP contribution >= 0.6 is 11.6 Å². The van der Waals surface area contributed by atoms with Gasteiger partial charge in [-0.05, 0) is 26.3 Å². The summed E-state index contributed by atoms with van der Waals surface area (Å²) >= 11 is 5.38. The van der Waals surface area contributed by atoms with E-state index in [1.165, 1.54) is 19.3 Å². The van der Waals surface area contributed by atoms with Crippen molar-refractivity contribution in [2.75, 3.05) is 25.5 Å². The highest BCUT2D eigenvalue weighted by Crippen LogP contribution is 2.15. The molecule has 1 atom stereocenters. The van der Waals surface area contributed by atoms with Crippen LogP contribution in [0, 0.1) is 0 Å². The number of likely N-dealkylation sites (tertiary alicyclic amines) is 1. The van der Waals surface area contributed by atoms with Crippen LogP contribution < -0.4 is 5.32 Å². The van der Waals surface area contributed by atoms with Crippen molar-refractivity contribution in [1.82, 2.24) is 10.2 Å². The van der Waals surface area contributed by atoms with Crippen LogP contribution in [0.15, 0.2) is 0 Å². The molecule has 1 aliphatic heterocycles. The number of piperidine rings is 1. The molecule has 0 bridgehead atoms. The zero-order valence-electron chi connectivity index (χ0n) is 8.76. The van der Waals surface area contributed by atoms with Gasteiger partial charge in [0.05, 0.1) is 0 Å². The smallest absolute Gasteiger partial charge is 0.234 e. The van der Waals surface area contributed by atoms with Crippen molar-refractivity contribution in [3.05, 3.63) is 0 Å². The molecule has 0 spiro atoms. The molecule has 3 nitrogen and oxygen atoms in total. The van der Waals surface area contributed by atoms with Gasteiger partial charge in [0.1, 0.15) is 5.88 Å². The van der Waals surface area contributed by atoms with Gasteiger partial charge in [0.2, 0.25) is 5.91 Å². The number of hydrogen-bond acceptors (Lipinski definition) is 2. The molecule has 1 fully saturated rings. The van der Waals surface area contributed by atoms with E-state index in [4.69, 9.17) is 11.6 Å². The Morgan fingerprint density at radius 1 is 1.57 bits per heavy atom. The van der Waals surface area contributed by atoms with E-state index < -0.39 is 0 Å². The zero-order valence-corrected chi connectivity index (χ0v) is 9.52. The first-order valence-electron chi connectivity index (χ1n) is 5.30. The van der Waals surface area contributed by atoms with Crippen molar-refractivity contribution in [2.45, 2.75) is 32.2 Å². The minimum absolute atomic E-state index is 0.0650. The molecular formula is C10H19ClN2O. The van der Waals surface area contributed by atoms with E-state index in [2.05, 4.69) is 17.1 Å². The predicted molar refractivity (Wildman–Crippen MR) is 58.6 cm³/mol. The van der Waals surface area contributed by atoms with Crippen LogP contribution in [0.1, 0.15) is 26.2 Å². The van der Waals surface area contributed by atoms with Crippen LogP contribution in [-0.2, 0) is 4.79 Å². The Hall–Kier alpha value is -0.280. The number of amides is 1. The summed E-state index contributed by atoms with van der Waals surface area (Å²) in [6.07, 6.45) is 3.91. The highest BCUT2D eigenvalue weighted by molar-refractivity contribution is 6.27. The van der Waals surface area contributed by atoms with Crippen LogP contribution in [0.5, 0.6) is 0 Å². The second-order valence-electron chi connectivity index (χ2n) is 3.86. The molecule has 0 saturated carbocycles. The molecule has 1 aliphatic rings. The molecule has 1 saturated heterocycles. The van der Waals surface area contributed by atoms with Gasteiger partial charge in [0.15, 0.2) is 0 Å². The molecule has 0 aromatic rings. The van der Waals surface area contributed by atoms with Gasteiger partial charge in [0.25, 0.3) is 0 Å². The Kier molecular flexibility index (Phi) is 5.26. The summed E-state index contributed by atoms with van der Waals surface area (Å²) in [7, 11) is 0. The SMILES string of the molecule is CC1CCCCN1CCNC(=O)CCl.